The Labute approximate surface area is 127 Å². The van der Waals surface area contributed by atoms with Crippen LogP contribution in [0.15, 0.2) is 48.8 Å². The first kappa shape index (κ1) is 13.6. The number of aryl methyl sites for hydroxylation is 2. The predicted molar refractivity (Wildman–Crippen MR) is 85.3 cm³/mol. The van der Waals surface area contributed by atoms with Gasteiger partial charge >= 0.3 is 0 Å². The van der Waals surface area contributed by atoms with E-state index in [9.17, 15) is 4.79 Å². The van der Waals surface area contributed by atoms with Crippen LogP contribution in [0.3, 0.4) is 0 Å². The molecule has 0 atom stereocenters. The molecule has 1 N–H and O–H groups in total. The van der Waals surface area contributed by atoms with Crippen LogP contribution < -0.4 is 5.32 Å². The van der Waals surface area contributed by atoms with Crippen LogP contribution in [0, 0.1) is 13.8 Å². The van der Waals surface area contributed by atoms with E-state index in [1.54, 1.807) is 0 Å². The zero-order valence-electron chi connectivity index (χ0n) is 11.8. The van der Waals surface area contributed by atoms with Gasteiger partial charge in [-0.1, -0.05) is 0 Å². The van der Waals surface area contributed by atoms with Crippen LogP contribution >= 0.6 is 11.3 Å². The number of carbonyl (C=O) groups is 1. The first-order chi connectivity index (χ1) is 10.1. The van der Waals surface area contributed by atoms with Gasteiger partial charge in [0.05, 0.1) is 5.69 Å². The van der Waals surface area contributed by atoms with Crippen molar-refractivity contribution in [3.8, 4) is 5.69 Å². The molecular weight excluding hydrogens is 282 g/mol. The number of thiazole rings is 1. The molecule has 0 bridgehead atoms. The van der Waals surface area contributed by atoms with Crippen molar-refractivity contribution >= 4 is 22.4 Å². The van der Waals surface area contributed by atoms with E-state index in [0.717, 1.165) is 16.3 Å². The van der Waals surface area contributed by atoms with Gasteiger partial charge in [0.2, 0.25) is 0 Å². The Morgan fingerprint density at radius 3 is 2.38 bits per heavy atom. The van der Waals surface area contributed by atoms with Gasteiger partial charge in [-0.05, 0) is 50.2 Å². The molecule has 0 fully saturated rings. The van der Waals surface area contributed by atoms with Crippen molar-refractivity contribution < 1.29 is 4.79 Å². The van der Waals surface area contributed by atoms with Crippen LogP contribution in [0.5, 0.6) is 0 Å². The van der Waals surface area contributed by atoms with Crippen molar-refractivity contribution in [3.63, 3.8) is 0 Å². The minimum atomic E-state index is -0.136. The summed E-state index contributed by atoms with van der Waals surface area (Å²) < 4.78 is 2.00. The molecule has 4 nitrogen and oxygen atoms in total. The number of aromatic nitrogens is 2. The maximum absolute atomic E-state index is 12.2. The van der Waals surface area contributed by atoms with Crippen molar-refractivity contribution in [2.45, 2.75) is 13.8 Å². The third-order valence-electron chi connectivity index (χ3n) is 3.28. The van der Waals surface area contributed by atoms with Gasteiger partial charge in [-0.3, -0.25) is 10.1 Å². The van der Waals surface area contributed by atoms with Gasteiger partial charge in [0.15, 0.2) is 5.13 Å². The molecule has 106 valence electrons. The highest BCUT2D eigenvalue weighted by molar-refractivity contribution is 7.15. The Kier molecular flexibility index (Phi) is 3.58. The largest absolute Gasteiger partial charge is 0.324 e. The fourth-order valence-corrected chi connectivity index (χ4v) is 2.80. The lowest BCUT2D eigenvalue weighted by atomic mass is 10.2. The summed E-state index contributed by atoms with van der Waals surface area (Å²) in [5.41, 5.74) is 2.60. The lowest BCUT2D eigenvalue weighted by molar-refractivity contribution is 0.102. The Morgan fingerprint density at radius 1 is 1.14 bits per heavy atom. The third-order valence-corrected chi connectivity index (χ3v) is 4.27. The van der Waals surface area contributed by atoms with E-state index in [2.05, 4.69) is 10.3 Å². The molecule has 0 aliphatic heterocycles. The number of benzene rings is 1. The summed E-state index contributed by atoms with van der Waals surface area (Å²) in [4.78, 5) is 17.6. The van der Waals surface area contributed by atoms with Crippen LogP contribution in [0.1, 0.15) is 20.9 Å². The Hall–Kier alpha value is -2.40. The lowest BCUT2D eigenvalue weighted by Crippen LogP contribution is -2.11. The maximum Gasteiger partial charge on any atom is 0.257 e. The van der Waals surface area contributed by atoms with Crippen LogP contribution in [-0.4, -0.2) is 15.5 Å². The van der Waals surface area contributed by atoms with Gasteiger partial charge in [-0.25, -0.2) is 4.98 Å². The second kappa shape index (κ2) is 5.54. The molecule has 0 radical (unpaired) electrons. The summed E-state index contributed by atoms with van der Waals surface area (Å²) in [6, 6.07) is 11.4. The number of nitrogens with one attached hydrogen (secondary N) is 1. The number of amides is 1. The molecule has 1 amide bonds. The van der Waals surface area contributed by atoms with E-state index in [-0.39, 0.29) is 5.91 Å². The summed E-state index contributed by atoms with van der Waals surface area (Å²) >= 11 is 1.49. The van der Waals surface area contributed by atoms with E-state index in [4.69, 9.17) is 0 Å². The maximum atomic E-state index is 12.2. The number of carbonyl (C=O) groups excluding carboxylic acids is 1. The zero-order chi connectivity index (χ0) is 14.8. The first-order valence-corrected chi connectivity index (χ1v) is 7.44. The molecule has 0 aliphatic rings. The number of hydrogen-bond acceptors (Lipinski definition) is 3. The Morgan fingerprint density at radius 2 is 1.81 bits per heavy atom. The summed E-state index contributed by atoms with van der Waals surface area (Å²) in [5, 5.41) is 3.48. The Bertz CT molecular complexity index is 738. The monoisotopic (exact) mass is 297 g/mol. The molecule has 5 heteroatoms. The molecular formula is C16H15N3OS. The highest BCUT2D eigenvalue weighted by atomic mass is 32.1. The van der Waals surface area contributed by atoms with Crippen molar-refractivity contribution in [1.29, 1.82) is 0 Å². The van der Waals surface area contributed by atoms with E-state index in [1.807, 2.05) is 67.2 Å². The average molecular weight is 297 g/mol. The summed E-state index contributed by atoms with van der Waals surface area (Å²) in [7, 11) is 0. The molecule has 2 heterocycles. The number of hydrogen-bond donors (Lipinski definition) is 1. The normalized spacial score (nSPS) is 10.6. The highest BCUT2D eigenvalue weighted by Gasteiger charge is 2.10. The molecule has 0 aliphatic carbocycles. The molecule has 0 unspecified atom stereocenters. The van der Waals surface area contributed by atoms with Crippen LogP contribution in [0.4, 0.5) is 5.13 Å². The van der Waals surface area contributed by atoms with Crippen LogP contribution in [0.2, 0.25) is 0 Å². The van der Waals surface area contributed by atoms with Gasteiger partial charge in [0, 0.05) is 28.5 Å². The summed E-state index contributed by atoms with van der Waals surface area (Å²) in [6.45, 7) is 3.93. The smallest absolute Gasteiger partial charge is 0.257 e. The lowest BCUT2D eigenvalue weighted by Gasteiger charge is -2.05. The molecule has 0 saturated carbocycles. The predicted octanol–water partition coefficient (Wildman–Crippen LogP) is 3.80. The first-order valence-electron chi connectivity index (χ1n) is 6.62. The second-order valence-electron chi connectivity index (χ2n) is 4.75. The topological polar surface area (TPSA) is 46.9 Å². The van der Waals surface area contributed by atoms with Crippen molar-refractivity contribution in [2.75, 3.05) is 5.32 Å². The van der Waals surface area contributed by atoms with Crippen molar-refractivity contribution in [1.82, 2.24) is 9.55 Å². The second-order valence-corrected chi connectivity index (χ2v) is 5.96. The zero-order valence-corrected chi connectivity index (χ0v) is 12.6. The van der Waals surface area contributed by atoms with Gasteiger partial charge < -0.3 is 4.57 Å². The van der Waals surface area contributed by atoms with Crippen molar-refractivity contribution in [2.24, 2.45) is 0 Å². The van der Waals surface area contributed by atoms with Crippen LogP contribution in [0.25, 0.3) is 5.69 Å². The standard InChI is InChI=1S/C16H15N3OS/c1-11-12(2)21-16(17-11)18-15(20)13-5-7-14(8-6-13)19-9-3-4-10-19/h3-10H,1-2H3,(H,17,18,20). The van der Waals surface area contributed by atoms with E-state index in [0.29, 0.717) is 10.7 Å². The molecule has 2 aromatic heterocycles. The van der Waals surface area contributed by atoms with E-state index in [1.165, 1.54) is 11.3 Å². The van der Waals surface area contributed by atoms with Gasteiger partial charge in [0.1, 0.15) is 0 Å². The SMILES string of the molecule is Cc1nc(NC(=O)c2ccc(-n3cccc3)cc2)sc1C. The molecule has 21 heavy (non-hydrogen) atoms. The van der Waals surface area contributed by atoms with Crippen molar-refractivity contribution in [3.05, 3.63) is 64.9 Å². The molecule has 0 saturated heterocycles. The molecule has 1 aromatic carbocycles. The fourth-order valence-electron chi connectivity index (χ4n) is 1.99. The van der Waals surface area contributed by atoms with E-state index >= 15 is 0 Å². The number of rotatable bonds is 3. The van der Waals surface area contributed by atoms with Gasteiger partial charge in [0.25, 0.3) is 5.91 Å². The van der Waals surface area contributed by atoms with Gasteiger partial charge in [-0.2, -0.15) is 0 Å². The number of anilines is 1. The molecule has 0 spiro atoms. The molecule has 3 aromatic rings. The Balaban J connectivity index is 1.76. The highest BCUT2D eigenvalue weighted by Crippen LogP contribution is 2.21. The number of nitrogens with zero attached hydrogens (tertiary/aromatic N) is 2. The summed E-state index contributed by atoms with van der Waals surface area (Å²) in [6.07, 6.45) is 3.94. The summed E-state index contributed by atoms with van der Waals surface area (Å²) in [5.74, 6) is -0.136. The van der Waals surface area contributed by atoms with Crippen LogP contribution in [-0.2, 0) is 0 Å². The van der Waals surface area contributed by atoms with Gasteiger partial charge in [-0.15, -0.1) is 11.3 Å². The fraction of sp³-hybridized carbons (Fsp3) is 0.125. The van der Waals surface area contributed by atoms with E-state index < -0.39 is 0 Å². The third kappa shape index (κ3) is 2.87. The minimum absolute atomic E-state index is 0.136. The average Bonchev–Trinajstić information content (AvgIpc) is 3.10. The molecule has 3 rings (SSSR count). The quantitative estimate of drug-likeness (QED) is 0.799. The minimum Gasteiger partial charge on any atom is -0.324 e.